The number of likely N-dealkylation sites (tertiary alicyclic amines) is 1. The normalized spacial score (nSPS) is 21.8. The molecule has 5 N–H and O–H groups in total. The molecule has 0 aromatic carbocycles. The zero-order chi connectivity index (χ0) is 9.68. The maximum atomic E-state index is 5.42. The van der Waals surface area contributed by atoms with E-state index in [1.807, 2.05) is 0 Å². The lowest BCUT2D eigenvalue weighted by Gasteiger charge is -2.27. The quantitative estimate of drug-likeness (QED) is 0.225. The van der Waals surface area contributed by atoms with Crippen molar-refractivity contribution in [3.63, 3.8) is 0 Å². The van der Waals surface area contributed by atoms with Gasteiger partial charge in [-0.15, -0.1) is 0 Å². The van der Waals surface area contributed by atoms with Gasteiger partial charge in [-0.2, -0.15) is 0 Å². The summed E-state index contributed by atoms with van der Waals surface area (Å²) >= 11 is 0. The van der Waals surface area contributed by atoms with Gasteiger partial charge in [0.2, 0.25) is 5.96 Å². The second-order valence-corrected chi connectivity index (χ2v) is 3.62. The van der Waals surface area contributed by atoms with E-state index in [4.69, 9.17) is 11.6 Å². The molecule has 0 atom stereocenters. The molecule has 0 saturated carbocycles. The zero-order valence-corrected chi connectivity index (χ0v) is 8.16. The van der Waals surface area contributed by atoms with Gasteiger partial charge in [-0.25, -0.2) is 5.84 Å². The number of nitrogens with zero attached hydrogens (tertiary/aromatic N) is 2. The lowest BCUT2D eigenvalue weighted by atomic mass is 9.97. The van der Waals surface area contributed by atoms with Crippen LogP contribution in [-0.4, -0.2) is 37.5 Å². The third-order valence-corrected chi connectivity index (χ3v) is 2.51. The summed E-state index contributed by atoms with van der Waals surface area (Å²) in [5.41, 5.74) is 7.75. The van der Waals surface area contributed by atoms with Crippen LogP contribution >= 0.6 is 0 Å². The Kier molecular flexibility index (Phi) is 3.98. The number of aliphatic imine (C=N–C) groups is 1. The Labute approximate surface area is 79.1 Å². The van der Waals surface area contributed by atoms with E-state index in [-0.39, 0.29) is 0 Å². The molecule has 0 spiro atoms. The Hall–Kier alpha value is -0.810. The average Bonchev–Trinajstić information content (AvgIpc) is 2.16. The molecule has 1 aliphatic heterocycles. The molecule has 5 nitrogen and oxygen atoms in total. The van der Waals surface area contributed by atoms with Gasteiger partial charge in [-0.1, -0.05) is 0 Å². The molecule has 0 bridgehead atoms. The van der Waals surface area contributed by atoms with Crippen LogP contribution in [-0.2, 0) is 0 Å². The minimum Gasteiger partial charge on any atom is -0.369 e. The van der Waals surface area contributed by atoms with Crippen LogP contribution in [0, 0.1) is 5.92 Å². The number of rotatable bonds is 2. The van der Waals surface area contributed by atoms with E-state index in [0.717, 1.165) is 19.6 Å². The smallest absolute Gasteiger partial charge is 0.203 e. The Morgan fingerprint density at radius 3 is 2.69 bits per heavy atom. The van der Waals surface area contributed by atoms with Crippen LogP contribution in [0.25, 0.3) is 0 Å². The van der Waals surface area contributed by atoms with Gasteiger partial charge >= 0.3 is 0 Å². The van der Waals surface area contributed by atoms with Crippen LogP contribution in [0.5, 0.6) is 0 Å². The van der Waals surface area contributed by atoms with Gasteiger partial charge in [0.25, 0.3) is 0 Å². The van der Waals surface area contributed by atoms with Gasteiger partial charge in [0.05, 0.1) is 0 Å². The molecule has 1 rings (SSSR count). The lowest BCUT2D eigenvalue weighted by molar-refractivity contribution is 0.223. The third-order valence-electron chi connectivity index (χ3n) is 2.51. The van der Waals surface area contributed by atoms with E-state index in [2.05, 4.69) is 22.4 Å². The van der Waals surface area contributed by atoms with Crippen molar-refractivity contribution in [2.75, 3.05) is 26.7 Å². The highest BCUT2D eigenvalue weighted by Gasteiger charge is 2.15. The standard InChI is InChI=1S/C8H19N5/c1-13-4-2-7(3-5-13)6-11-8(9)12-10/h7H,2-6,10H2,1H3,(H3,9,11,12). The largest absolute Gasteiger partial charge is 0.369 e. The van der Waals surface area contributed by atoms with Crippen molar-refractivity contribution >= 4 is 5.96 Å². The summed E-state index contributed by atoms with van der Waals surface area (Å²) in [5, 5.41) is 0. The van der Waals surface area contributed by atoms with Gasteiger partial charge in [-0.05, 0) is 38.9 Å². The van der Waals surface area contributed by atoms with Gasteiger partial charge in [0.15, 0.2) is 0 Å². The molecule has 0 amide bonds. The van der Waals surface area contributed by atoms with E-state index in [9.17, 15) is 0 Å². The first-order chi connectivity index (χ1) is 6.22. The van der Waals surface area contributed by atoms with Crippen LogP contribution < -0.4 is 17.0 Å². The van der Waals surface area contributed by atoms with Crippen molar-refractivity contribution in [2.45, 2.75) is 12.8 Å². The molecule has 0 radical (unpaired) electrons. The van der Waals surface area contributed by atoms with Gasteiger partial charge in [0.1, 0.15) is 0 Å². The fourth-order valence-corrected chi connectivity index (χ4v) is 1.52. The van der Waals surface area contributed by atoms with Crippen molar-refractivity contribution in [2.24, 2.45) is 22.5 Å². The average molecular weight is 185 g/mol. The maximum absolute atomic E-state index is 5.42. The topological polar surface area (TPSA) is 79.7 Å². The lowest BCUT2D eigenvalue weighted by Crippen LogP contribution is -2.38. The predicted molar refractivity (Wildman–Crippen MR) is 54.0 cm³/mol. The Balaban J connectivity index is 2.23. The Morgan fingerprint density at radius 2 is 2.15 bits per heavy atom. The second kappa shape index (κ2) is 5.04. The van der Waals surface area contributed by atoms with E-state index in [0.29, 0.717) is 11.9 Å². The Bertz CT molecular complexity index is 171. The van der Waals surface area contributed by atoms with Crippen LogP contribution in [0.2, 0.25) is 0 Å². The Morgan fingerprint density at radius 1 is 1.54 bits per heavy atom. The fraction of sp³-hybridized carbons (Fsp3) is 0.875. The number of hydrogen-bond acceptors (Lipinski definition) is 3. The minimum atomic E-state index is 0.332. The SMILES string of the molecule is CN1CCC(CN=C(N)NN)CC1. The van der Waals surface area contributed by atoms with E-state index in [1.54, 1.807) is 0 Å². The first-order valence-electron chi connectivity index (χ1n) is 4.67. The molecule has 1 saturated heterocycles. The molecular formula is C8H19N5. The molecule has 5 heteroatoms. The molecule has 0 aromatic rings. The summed E-state index contributed by atoms with van der Waals surface area (Å²) in [6, 6.07) is 0. The molecule has 0 unspecified atom stereocenters. The number of piperidine rings is 1. The summed E-state index contributed by atoms with van der Waals surface area (Å²) in [6.07, 6.45) is 2.41. The molecule has 76 valence electrons. The molecule has 1 aliphatic rings. The van der Waals surface area contributed by atoms with Crippen molar-refractivity contribution in [1.82, 2.24) is 10.3 Å². The summed E-state index contributed by atoms with van der Waals surface area (Å²) in [5.74, 6) is 6.10. The number of nitrogens with one attached hydrogen (secondary N) is 1. The summed E-state index contributed by atoms with van der Waals surface area (Å²) in [7, 11) is 2.15. The monoisotopic (exact) mass is 185 g/mol. The highest BCUT2D eigenvalue weighted by atomic mass is 15.3. The van der Waals surface area contributed by atoms with E-state index < -0.39 is 0 Å². The van der Waals surface area contributed by atoms with Gasteiger partial charge in [-0.3, -0.25) is 10.4 Å². The van der Waals surface area contributed by atoms with E-state index in [1.165, 1.54) is 12.8 Å². The van der Waals surface area contributed by atoms with Crippen LogP contribution in [0.4, 0.5) is 0 Å². The minimum absolute atomic E-state index is 0.332. The molecule has 1 heterocycles. The van der Waals surface area contributed by atoms with Crippen molar-refractivity contribution in [3.05, 3.63) is 0 Å². The third kappa shape index (κ3) is 3.61. The maximum Gasteiger partial charge on any atom is 0.203 e. The highest BCUT2D eigenvalue weighted by Crippen LogP contribution is 2.15. The first kappa shape index (κ1) is 10.3. The second-order valence-electron chi connectivity index (χ2n) is 3.62. The highest BCUT2D eigenvalue weighted by molar-refractivity contribution is 5.77. The zero-order valence-electron chi connectivity index (χ0n) is 8.16. The predicted octanol–water partition coefficient (Wildman–Crippen LogP) is -0.894. The van der Waals surface area contributed by atoms with Crippen LogP contribution in [0.15, 0.2) is 4.99 Å². The van der Waals surface area contributed by atoms with Gasteiger partial charge in [0, 0.05) is 6.54 Å². The first-order valence-corrected chi connectivity index (χ1v) is 4.67. The molecule has 13 heavy (non-hydrogen) atoms. The van der Waals surface area contributed by atoms with Crippen molar-refractivity contribution in [3.8, 4) is 0 Å². The number of hydrogen-bond donors (Lipinski definition) is 3. The molecule has 1 fully saturated rings. The summed E-state index contributed by atoms with van der Waals surface area (Å²) in [4.78, 5) is 6.47. The number of nitrogens with two attached hydrogens (primary N) is 2. The number of guanidine groups is 1. The number of hydrazine groups is 1. The van der Waals surface area contributed by atoms with Crippen LogP contribution in [0.3, 0.4) is 0 Å². The van der Waals surface area contributed by atoms with Crippen molar-refractivity contribution < 1.29 is 0 Å². The van der Waals surface area contributed by atoms with Crippen LogP contribution in [0.1, 0.15) is 12.8 Å². The molecule has 0 aromatic heterocycles. The fourth-order valence-electron chi connectivity index (χ4n) is 1.52. The van der Waals surface area contributed by atoms with E-state index >= 15 is 0 Å². The summed E-state index contributed by atoms with van der Waals surface area (Å²) in [6.45, 7) is 3.12. The van der Waals surface area contributed by atoms with Crippen molar-refractivity contribution in [1.29, 1.82) is 0 Å². The molecular weight excluding hydrogens is 166 g/mol. The summed E-state index contributed by atoms with van der Waals surface area (Å²) < 4.78 is 0. The molecule has 0 aliphatic carbocycles. The van der Waals surface area contributed by atoms with Gasteiger partial charge < -0.3 is 10.6 Å².